The number of fused-ring (bicyclic) bond motifs is 1. The molecule has 1 saturated heterocycles. The van der Waals surface area contributed by atoms with Crippen LogP contribution in [0.5, 0.6) is 0 Å². The molecule has 1 amide bonds. The lowest BCUT2D eigenvalue weighted by Gasteiger charge is -2.29. The van der Waals surface area contributed by atoms with Crippen LogP contribution in [-0.4, -0.2) is 75.6 Å². The van der Waals surface area contributed by atoms with Crippen molar-refractivity contribution in [3.8, 4) is 0 Å². The maximum absolute atomic E-state index is 13.3. The Morgan fingerprint density at radius 3 is 2.60 bits per heavy atom. The van der Waals surface area contributed by atoms with Crippen molar-refractivity contribution >= 4 is 66.6 Å². The molecule has 0 unspecified atom stereocenters. The first-order valence-electron chi connectivity index (χ1n) is 10.9. The van der Waals surface area contributed by atoms with Crippen molar-refractivity contribution in [1.29, 1.82) is 0 Å². The van der Waals surface area contributed by atoms with E-state index in [2.05, 4.69) is 9.88 Å². The van der Waals surface area contributed by atoms with Crippen molar-refractivity contribution in [3.63, 3.8) is 0 Å². The molecule has 0 aliphatic carbocycles. The van der Waals surface area contributed by atoms with E-state index in [1.165, 1.54) is 23.5 Å². The SMILES string of the molecule is CSc1ccc2nc(N(CCN3CCOCC3)C(=O)CCS(=O)(=O)c3ccc(F)cc3)sc2c1.Cl. The number of hydrogen-bond donors (Lipinski definition) is 0. The fraction of sp³-hybridized carbons (Fsp3) is 0.391. The van der Waals surface area contributed by atoms with Crippen molar-refractivity contribution in [3.05, 3.63) is 48.3 Å². The fourth-order valence-corrected chi connectivity index (χ4v) is 6.44. The van der Waals surface area contributed by atoms with Gasteiger partial charge < -0.3 is 4.74 Å². The minimum absolute atomic E-state index is 0. The quantitative estimate of drug-likeness (QED) is 0.288. The van der Waals surface area contributed by atoms with Gasteiger partial charge in [0.1, 0.15) is 5.82 Å². The Balaban J connectivity index is 0.00000342. The van der Waals surface area contributed by atoms with Gasteiger partial charge in [-0.25, -0.2) is 17.8 Å². The number of sulfone groups is 1. The molecule has 190 valence electrons. The number of carbonyl (C=O) groups excluding carboxylic acids is 1. The lowest BCUT2D eigenvalue weighted by molar-refractivity contribution is -0.118. The second-order valence-electron chi connectivity index (χ2n) is 7.85. The molecule has 0 atom stereocenters. The summed E-state index contributed by atoms with van der Waals surface area (Å²) in [7, 11) is -3.72. The number of thioether (sulfide) groups is 1. The number of amides is 1. The van der Waals surface area contributed by atoms with E-state index in [4.69, 9.17) is 4.74 Å². The highest BCUT2D eigenvalue weighted by molar-refractivity contribution is 7.98. The van der Waals surface area contributed by atoms with E-state index >= 15 is 0 Å². The largest absolute Gasteiger partial charge is 0.379 e. The van der Waals surface area contributed by atoms with Crippen molar-refractivity contribution in [2.45, 2.75) is 16.2 Å². The molecular weight excluding hydrogens is 533 g/mol. The van der Waals surface area contributed by atoms with Gasteiger partial charge in [0.15, 0.2) is 15.0 Å². The zero-order chi connectivity index (χ0) is 24.1. The second-order valence-corrected chi connectivity index (χ2v) is 11.9. The van der Waals surface area contributed by atoms with Gasteiger partial charge in [0.05, 0.1) is 34.1 Å². The molecule has 0 saturated carbocycles. The molecule has 4 rings (SSSR count). The Kier molecular flexibility index (Phi) is 9.91. The molecule has 35 heavy (non-hydrogen) atoms. The van der Waals surface area contributed by atoms with Gasteiger partial charge in [-0.3, -0.25) is 14.6 Å². The molecule has 1 aliphatic rings. The van der Waals surface area contributed by atoms with Crippen molar-refractivity contribution < 1.29 is 22.3 Å². The molecule has 0 spiro atoms. The van der Waals surface area contributed by atoms with Crippen LogP contribution in [-0.2, 0) is 19.4 Å². The van der Waals surface area contributed by atoms with Crippen LogP contribution >= 0.6 is 35.5 Å². The highest BCUT2D eigenvalue weighted by Crippen LogP contribution is 2.32. The predicted octanol–water partition coefficient (Wildman–Crippen LogP) is 4.11. The second kappa shape index (κ2) is 12.5. The van der Waals surface area contributed by atoms with Gasteiger partial charge in [-0.15, -0.1) is 24.2 Å². The van der Waals surface area contributed by atoms with Gasteiger partial charge in [0.2, 0.25) is 5.91 Å². The van der Waals surface area contributed by atoms with E-state index in [0.717, 1.165) is 40.3 Å². The normalized spacial score (nSPS) is 14.6. The topological polar surface area (TPSA) is 79.8 Å². The number of aromatic nitrogens is 1. The van der Waals surface area contributed by atoms with Crippen LogP contribution in [0.4, 0.5) is 9.52 Å². The standard InChI is InChI=1S/C23H26FN3O4S3.ClH/c1-32-18-4-7-20-21(16-18)33-23(25-20)27(10-9-26-11-13-31-14-12-26)22(28)8-15-34(29,30)19-5-2-17(24)3-6-19;/h2-7,16H,8-15H2,1H3;1H. The zero-order valence-electron chi connectivity index (χ0n) is 19.2. The van der Waals surface area contributed by atoms with Crippen LogP contribution in [0.2, 0.25) is 0 Å². The molecule has 0 N–H and O–H groups in total. The number of nitrogens with zero attached hydrogens (tertiary/aromatic N) is 3. The predicted molar refractivity (Wildman–Crippen MR) is 141 cm³/mol. The number of ether oxygens (including phenoxy) is 1. The van der Waals surface area contributed by atoms with E-state index in [9.17, 15) is 17.6 Å². The van der Waals surface area contributed by atoms with Gasteiger partial charge in [-0.1, -0.05) is 11.3 Å². The minimum Gasteiger partial charge on any atom is -0.379 e. The van der Waals surface area contributed by atoms with E-state index in [0.29, 0.717) is 31.4 Å². The Hall–Kier alpha value is -1.76. The van der Waals surface area contributed by atoms with E-state index in [1.54, 1.807) is 16.7 Å². The van der Waals surface area contributed by atoms with Gasteiger partial charge >= 0.3 is 0 Å². The highest BCUT2D eigenvalue weighted by Gasteiger charge is 2.24. The number of benzene rings is 2. The molecule has 12 heteroatoms. The van der Waals surface area contributed by atoms with Gasteiger partial charge in [0.25, 0.3) is 0 Å². The van der Waals surface area contributed by atoms with Gasteiger partial charge in [-0.05, 0) is 48.7 Å². The molecule has 1 aliphatic heterocycles. The Labute approximate surface area is 219 Å². The number of halogens is 2. The summed E-state index contributed by atoms with van der Waals surface area (Å²) >= 11 is 3.06. The van der Waals surface area contributed by atoms with E-state index < -0.39 is 15.7 Å². The first kappa shape index (κ1) is 27.8. The molecule has 2 aromatic carbocycles. The average Bonchev–Trinajstić information content (AvgIpc) is 3.26. The first-order valence-corrected chi connectivity index (χ1v) is 14.6. The van der Waals surface area contributed by atoms with Crippen molar-refractivity contribution in [2.75, 3.05) is 56.3 Å². The lowest BCUT2D eigenvalue weighted by Crippen LogP contribution is -2.43. The van der Waals surface area contributed by atoms with Crippen LogP contribution in [0.3, 0.4) is 0 Å². The number of anilines is 1. The summed E-state index contributed by atoms with van der Waals surface area (Å²) in [4.78, 5) is 22.9. The number of rotatable bonds is 9. The maximum Gasteiger partial charge on any atom is 0.229 e. The summed E-state index contributed by atoms with van der Waals surface area (Å²) in [5.74, 6) is -1.17. The summed E-state index contributed by atoms with van der Waals surface area (Å²) in [6.45, 7) is 3.94. The molecule has 3 aromatic rings. The van der Waals surface area contributed by atoms with Crippen LogP contribution in [0.1, 0.15) is 6.42 Å². The molecular formula is C23H27ClFN3O4S3. The third-order valence-corrected chi connectivity index (χ3v) is 9.12. The van der Waals surface area contributed by atoms with E-state index in [1.807, 2.05) is 24.5 Å². The van der Waals surface area contributed by atoms with Gasteiger partial charge in [-0.2, -0.15) is 0 Å². The molecule has 2 heterocycles. The lowest BCUT2D eigenvalue weighted by atomic mass is 10.3. The number of hydrogen-bond acceptors (Lipinski definition) is 8. The van der Waals surface area contributed by atoms with Crippen molar-refractivity contribution in [1.82, 2.24) is 9.88 Å². The number of thiazole rings is 1. The summed E-state index contributed by atoms with van der Waals surface area (Å²) in [5.41, 5.74) is 0.806. The molecule has 1 aromatic heterocycles. The molecule has 0 radical (unpaired) electrons. The molecule has 7 nitrogen and oxygen atoms in total. The summed E-state index contributed by atoms with van der Waals surface area (Å²) in [6.07, 6.45) is 1.82. The molecule has 1 fully saturated rings. The van der Waals surface area contributed by atoms with Gasteiger partial charge in [0, 0.05) is 37.5 Å². The molecule has 0 bridgehead atoms. The Morgan fingerprint density at radius 1 is 1.20 bits per heavy atom. The summed E-state index contributed by atoms with van der Waals surface area (Å²) in [5, 5.41) is 0.561. The summed E-state index contributed by atoms with van der Waals surface area (Å²) < 4.78 is 44.9. The van der Waals surface area contributed by atoms with Crippen LogP contribution in [0.15, 0.2) is 52.3 Å². The highest BCUT2D eigenvalue weighted by atomic mass is 35.5. The smallest absolute Gasteiger partial charge is 0.229 e. The van der Waals surface area contributed by atoms with E-state index in [-0.39, 0.29) is 35.4 Å². The van der Waals surface area contributed by atoms with Crippen LogP contribution in [0, 0.1) is 5.82 Å². The zero-order valence-corrected chi connectivity index (χ0v) is 22.4. The van der Waals surface area contributed by atoms with Crippen LogP contribution < -0.4 is 4.90 Å². The number of carbonyl (C=O) groups is 1. The van der Waals surface area contributed by atoms with Crippen LogP contribution in [0.25, 0.3) is 10.2 Å². The Bertz CT molecular complexity index is 1250. The third kappa shape index (κ3) is 7.14. The number of morpholine rings is 1. The minimum atomic E-state index is -3.72. The Morgan fingerprint density at radius 2 is 1.91 bits per heavy atom. The van der Waals surface area contributed by atoms with Crippen molar-refractivity contribution in [2.24, 2.45) is 0 Å². The average molecular weight is 560 g/mol. The monoisotopic (exact) mass is 559 g/mol. The fourth-order valence-electron chi connectivity index (χ4n) is 3.64. The summed E-state index contributed by atoms with van der Waals surface area (Å²) in [6, 6.07) is 10.6. The maximum atomic E-state index is 13.3. The first-order chi connectivity index (χ1) is 16.4. The third-order valence-electron chi connectivity index (χ3n) is 5.62.